The zero-order valence-electron chi connectivity index (χ0n) is 28.4. The van der Waals surface area contributed by atoms with E-state index in [9.17, 15) is 0 Å². The van der Waals surface area contributed by atoms with Crippen molar-refractivity contribution < 1.29 is 13.3 Å². The molecule has 3 heterocycles. The minimum absolute atomic E-state index is 0.810. The Kier molecular flexibility index (Phi) is 5.77. The Morgan fingerprint density at radius 1 is 0.321 bits per heavy atom. The Bertz CT molecular complexity index is 3390. The summed E-state index contributed by atoms with van der Waals surface area (Å²) >= 11 is 0. The van der Waals surface area contributed by atoms with Gasteiger partial charge in [0.05, 0.1) is 11.6 Å². The van der Waals surface area contributed by atoms with Crippen molar-refractivity contribution >= 4 is 87.2 Å². The van der Waals surface area contributed by atoms with Crippen LogP contribution in [0.25, 0.3) is 121 Å². The zero-order valence-corrected chi connectivity index (χ0v) is 28.4. The minimum atomic E-state index is 0.810. The topological polar surface area (TPSA) is 39.4 Å². The Hall–Kier alpha value is -7.10. The van der Waals surface area contributed by atoms with Crippen molar-refractivity contribution in [1.82, 2.24) is 0 Å². The molecule has 0 atom stereocenters. The molecule has 0 fully saturated rings. The van der Waals surface area contributed by atoms with Crippen LogP contribution in [0, 0.1) is 0 Å². The summed E-state index contributed by atoms with van der Waals surface area (Å²) in [5, 5.41) is 12.4. The van der Waals surface area contributed by atoms with Gasteiger partial charge in [-0.3, -0.25) is 0 Å². The lowest BCUT2D eigenvalue weighted by atomic mass is 9.85. The fourth-order valence-corrected chi connectivity index (χ4v) is 8.79. The molecule has 0 amide bonds. The lowest BCUT2D eigenvalue weighted by Crippen LogP contribution is -1.91. The summed E-state index contributed by atoms with van der Waals surface area (Å²) in [5.74, 6) is 0. The molecule has 3 nitrogen and oxygen atoms in total. The van der Waals surface area contributed by atoms with E-state index >= 15 is 0 Å². The van der Waals surface area contributed by atoms with E-state index in [0.29, 0.717) is 0 Å². The van der Waals surface area contributed by atoms with Gasteiger partial charge in [-0.2, -0.15) is 0 Å². The molecule has 246 valence electrons. The van der Waals surface area contributed by atoms with Gasteiger partial charge in [-0.25, -0.2) is 0 Å². The average molecular weight is 677 g/mol. The summed E-state index contributed by atoms with van der Waals surface area (Å²) in [5.41, 5.74) is 10.9. The lowest BCUT2D eigenvalue weighted by molar-refractivity contribution is 0.616. The molecular weight excluding hydrogens is 649 g/mol. The second-order valence-corrected chi connectivity index (χ2v) is 13.9. The highest BCUT2D eigenvalue weighted by molar-refractivity contribution is 6.27. The first-order valence-electron chi connectivity index (χ1n) is 18.0. The summed E-state index contributed by atoms with van der Waals surface area (Å²) in [6.07, 6.45) is 1.85. The summed E-state index contributed by atoms with van der Waals surface area (Å²) in [7, 11) is 0. The highest BCUT2D eigenvalue weighted by atomic mass is 16.3. The molecule has 3 heteroatoms. The molecule has 53 heavy (non-hydrogen) atoms. The Labute approximate surface area is 302 Å². The second-order valence-electron chi connectivity index (χ2n) is 13.9. The Morgan fingerprint density at radius 3 is 1.51 bits per heavy atom. The third-order valence-corrected chi connectivity index (χ3v) is 11.1. The predicted octanol–water partition coefficient (Wildman–Crippen LogP) is 14.7. The predicted molar refractivity (Wildman–Crippen MR) is 220 cm³/mol. The van der Waals surface area contributed by atoms with Crippen LogP contribution in [0.3, 0.4) is 0 Å². The van der Waals surface area contributed by atoms with Crippen LogP contribution in [0.4, 0.5) is 0 Å². The van der Waals surface area contributed by atoms with E-state index in [2.05, 4.69) is 158 Å². The number of hydrogen-bond donors (Lipinski definition) is 0. The van der Waals surface area contributed by atoms with E-state index in [-0.39, 0.29) is 0 Å². The molecule has 0 aliphatic heterocycles. The third-order valence-electron chi connectivity index (χ3n) is 11.1. The van der Waals surface area contributed by atoms with Crippen molar-refractivity contribution in [3.63, 3.8) is 0 Å². The van der Waals surface area contributed by atoms with E-state index in [1.165, 1.54) is 16.3 Å². The molecule has 0 aliphatic rings. The van der Waals surface area contributed by atoms with Crippen LogP contribution in [0.5, 0.6) is 0 Å². The first-order chi connectivity index (χ1) is 26.3. The van der Waals surface area contributed by atoms with Crippen LogP contribution in [-0.4, -0.2) is 0 Å². The van der Waals surface area contributed by atoms with Gasteiger partial charge >= 0.3 is 0 Å². The van der Waals surface area contributed by atoms with Gasteiger partial charge in [-0.05, 0) is 62.1 Å². The van der Waals surface area contributed by atoms with Gasteiger partial charge in [0.15, 0.2) is 0 Å². The van der Waals surface area contributed by atoms with Crippen LogP contribution < -0.4 is 0 Å². The fourth-order valence-electron chi connectivity index (χ4n) is 8.79. The van der Waals surface area contributed by atoms with E-state index in [1.807, 2.05) is 12.3 Å². The van der Waals surface area contributed by atoms with Crippen molar-refractivity contribution in [1.29, 1.82) is 0 Å². The van der Waals surface area contributed by atoms with Crippen LogP contribution in [0.2, 0.25) is 0 Å². The number of benzene rings is 9. The van der Waals surface area contributed by atoms with Crippen molar-refractivity contribution in [2.45, 2.75) is 0 Å². The second kappa shape index (κ2) is 10.7. The van der Waals surface area contributed by atoms with Gasteiger partial charge < -0.3 is 13.3 Å². The van der Waals surface area contributed by atoms with Gasteiger partial charge in [0.25, 0.3) is 0 Å². The van der Waals surface area contributed by atoms with E-state index in [0.717, 1.165) is 104 Å². The highest BCUT2D eigenvalue weighted by Gasteiger charge is 2.24. The lowest BCUT2D eigenvalue weighted by Gasteiger charge is -2.18. The maximum Gasteiger partial charge on any atom is 0.147 e. The van der Waals surface area contributed by atoms with Crippen LogP contribution in [0.1, 0.15) is 0 Å². The number of fused-ring (bicyclic) bond motifs is 11. The molecule has 0 unspecified atom stereocenters. The summed E-state index contributed by atoms with van der Waals surface area (Å²) in [4.78, 5) is 0. The summed E-state index contributed by atoms with van der Waals surface area (Å²) in [6, 6.07) is 58.1. The standard InChI is InChI=1S/C50H28O3/c1-2-12-29(13-3-1)42-28-51-43-25-24-38-36-20-10-23-40(49(36)53-50(38)47(42)43)46-34-18-8-6-16-32(34)45(33-17-7-9-19-35(33)46)39-22-11-21-37-41-26-30-14-4-5-15-31(30)27-44(41)52-48(37)39/h1-28H. The van der Waals surface area contributed by atoms with Gasteiger partial charge in [0, 0.05) is 49.4 Å². The molecule has 0 radical (unpaired) electrons. The maximum atomic E-state index is 7.03. The smallest absolute Gasteiger partial charge is 0.147 e. The number of furan rings is 3. The van der Waals surface area contributed by atoms with Crippen molar-refractivity contribution in [3.05, 3.63) is 170 Å². The molecule has 0 saturated heterocycles. The van der Waals surface area contributed by atoms with Crippen molar-refractivity contribution in [2.75, 3.05) is 0 Å². The molecule has 0 N–H and O–H groups in total. The van der Waals surface area contributed by atoms with Gasteiger partial charge in [-0.15, -0.1) is 0 Å². The molecule has 12 rings (SSSR count). The van der Waals surface area contributed by atoms with Crippen LogP contribution in [0.15, 0.2) is 183 Å². The first-order valence-corrected chi connectivity index (χ1v) is 18.0. The minimum Gasteiger partial charge on any atom is -0.464 e. The SMILES string of the molecule is c1ccc(-c2coc3ccc4c5cccc(-c6c7ccccc7c(-c7cccc8c7oc7cc9ccccc9cc78)c7ccccc67)c5oc4c23)cc1. The maximum absolute atomic E-state index is 7.03. The largest absolute Gasteiger partial charge is 0.464 e. The van der Waals surface area contributed by atoms with Crippen molar-refractivity contribution in [3.8, 4) is 33.4 Å². The van der Waals surface area contributed by atoms with E-state index < -0.39 is 0 Å². The van der Waals surface area contributed by atoms with Gasteiger partial charge in [0.2, 0.25) is 0 Å². The monoisotopic (exact) mass is 676 g/mol. The highest BCUT2D eigenvalue weighted by Crippen LogP contribution is 2.49. The van der Waals surface area contributed by atoms with Crippen LogP contribution >= 0.6 is 0 Å². The molecule has 12 aromatic rings. The van der Waals surface area contributed by atoms with Gasteiger partial charge in [-0.1, -0.05) is 140 Å². The zero-order chi connectivity index (χ0) is 34.6. The Balaban J connectivity index is 1.16. The Morgan fingerprint density at radius 2 is 0.849 bits per heavy atom. The molecular formula is C50H28O3. The van der Waals surface area contributed by atoms with E-state index in [4.69, 9.17) is 13.3 Å². The van der Waals surface area contributed by atoms with Gasteiger partial charge in [0.1, 0.15) is 27.9 Å². The summed E-state index contributed by atoms with van der Waals surface area (Å²) < 4.78 is 19.9. The molecule has 0 saturated carbocycles. The first kappa shape index (κ1) is 28.6. The molecule has 0 aliphatic carbocycles. The average Bonchev–Trinajstić information content (AvgIpc) is 3.93. The van der Waals surface area contributed by atoms with Crippen LogP contribution in [-0.2, 0) is 0 Å². The molecule has 0 spiro atoms. The third kappa shape index (κ3) is 3.99. The quantitative estimate of drug-likeness (QED) is 0.175. The fraction of sp³-hybridized carbons (Fsp3) is 0. The molecule has 9 aromatic carbocycles. The normalized spacial score (nSPS) is 12.2. The van der Waals surface area contributed by atoms with E-state index in [1.54, 1.807) is 0 Å². The summed E-state index contributed by atoms with van der Waals surface area (Å²) in [6.45, 7) is 0. The number of hydrogen-bond acceptors (Lipinski definition) is 3. The van der Waals surface area contributed by atoms with Crippen molar-refractivity contribution in [2.24, 2.45) is 0 Å². The number of para-hydroxylation sites is 2. The number of rotatable bonds is 3. The molecule has 0 bridgehead atoms. The molecule has 3 aromatic heterocycles.